The summed E-state index contributed by atoms with van der Waals surface area (Å²) in [5.74, 6) is 0. The van der Waals surface area contributed by atoms with Crippen LogP contribution >= 0.6 is 11.6 Å². The highest BCUT2D eigenvalue weighted by Gasteiger charge is 2.24. The van der Waals surface area contributed by atoms with E-state index in [1.54, 1.807) is 23.9 Å². The molecule has 1 aliphatic heterocycles. The molecule has 124 valence electrons. The molecule has 1 aliphatic rings. The Morgan fingerprint density at radius 3 is 3.00 bits per heavy atom. The van der Waals surface area contributed by atoms with Gasteiger partial charge in [-0.05, 0) is 31.0 Å². The van der Waals surface area contributed by atoms with Gasteiger partial charge >= 0.3 is 0 Å². The first-order chi connectivity index (χ1) is 11.0. The quantitative estimate of drug-likeness (QED) is 0.854. The zero-order valence-electron chi connectivity index (χ0n) is 13.1. The van der Waals surface area contributed by atoms with E-state index < -0.39 is 6.10 Å². The van der Waals surface area contributed by atoms with Crippen LogP contribution in [-0.2, 0) is 13.5 Å². The van der Waals surface area contributed by atoms with Crippen LogP contribution in [0.3, 0.4) is 0 Å². The minimum Gasteiger partial charge on any atom is -0.390 e. The summed E-state index contributed by atoms with van der Waals surface area (Å²) >= 11 is 6.33. The van der Waals surface area contributed by atoms with E-state index in [2.05, 4.69) is 9.88 Å². The fourth-order valence-electron chi connectivity index (χ4n) is 3.13. The third kappa shape index (κ3) is 3.26. The van der Waals surface area contributed by atoms with E-state index in [-0.39, 0.29) is 11.6 Å². The number of likely N-dealkylation sites (tertiary alicyclic amines) is 1. The maximum atomic E-state index is 11.9. The van der Waals surface area contributed by atoms with Gasteiger partial charge in [-0.1, -0.05) is 11.6 Å². The smallest absolute Gasteiger partial charge is 0.250 e. The van der Waals surface area contributed by atoms with Crippen molar-refractivity contribution in [2.24, 2.45) is 12.8 Å². The summed E-state index contributed by atoms with van der Waals surface area (Å²) in [5.41, 5.74) is 8.21. The van der Waals surface area contributed by atoms with Gasteiger partial charge in [-0.3, -0.25) is 9.78 Å². The van der Waals surface area contributed by atoms with Crippen molar-refractivity contribution in [2.75, 3.05) is 19.6 Å². The average molecular weight is 337 g/mol. The zero-order valence-corrected chi connectivity index (χ0v) is 13.8. The second kappa shape index (κ2) is 6.57. The number of halogens is 1. The van der Waals surface area contributed by atoms with Gasteiger partial charge in [-0.25, -0.2) is 0 Å². The van der Waals surface area contributed by atoms with E-state index in [1.807, 2.05) is 0 Å². The lowest BCUT2D eigenvalue weighted by molar-refractivity contribution is 0.0542. The number of hydrogen-bond acceptors (Lipinski definition) is 5. The lowest BCUT2D eigenvalue weighted by atomic mass is 10.0. The van der Waals surface area contributed by atoms with Gasteiger partial charge in [-0.15, -0.1) is 0 Å². The molecule has 7 heteroatoms. The Labute approximate surface area is 139 Å². The highest BCUT2D eigenvalue weighted by Crippen LogP contribution is 2.24. The van der Waals surface area contributed by atoms with Crippen LogP contribution in [0.25, 0.3) is 11.0 Å². The van der Waals surface area contributed by atoms with Crippen LogP contribution in [0.5, 0.6) is 0 Å². The van der Waals surface area contributed by atoms with Gasteiger partial charge in [0.25, 0.3) is 5.56 Å². The molecule has 6 nitrogen and oxygen atoms in total. The van der Waals surface area contributed by atoms with Crippen LogP contribution in [0.1, 0.15) is 12.0 Å². The molecule has 1 saturated heterocycles. The summed E-state index contributed by atoms with van der Waals surface area (Å²) < 4.78 is 1.59. The third-order valence-corrected chi connectivity index (χ3v) is 4.91. The standard InChI is InChI=1S/C16H21ClN4O2/c1-20-15(23)3-2-13-16(20)10(11(17)8-19-13)4-6-21-7-5-12(18)14(22)9-21/h2-3,8,12,14,22H,4-7,9,18H2,1H3. The Bertz CT molecular complexity index is 776. The Kier molecular flexibility index (Phi) is 4.68. The number of nitrogens with two attached hydrogens (primary N) is 1. The Balaban J connectivity index is 1.87. The van der Waals surface area contributed by atoms with Crippen LogP contribution in [-0.4, -0.2) is 51.3 Å². The molecular formula is C16H21ClN4O2. The van der Waals surface area contributed by atoms with E-state index in [0.29, 0.717) is 18.0 Å². The van der Waals surface area contributed by atoms with Gasteiger partial charge in [-0.2, -0.15) is 0 Å². The lowest BCUT2D eigenvalue weighted by Gasteiger charge is -2.34. The van der Waals surface area contributed by atoms with E-state index in [9.17, 15) is 9.90 Å². The van der Waals surface area contributed by atoms with Gasteiger partial charge in [0.1, 0.15) is 0 Å². The number of aryl methyl sites for hydroxylation is 1. The number of aliphatic hydroxyl groups excluding tert-OH is 1. The number of piperidine rings is 1. The number of rotatable bonds is 3. The number of aromatic nitrogens is 2. The van der Waals surface area contributed by atoms with Gasteiger partial charge < -0.3 is 20.3 Å². The first-order valence-corrected chi connectivity index (χ1v) is 8.14. The number of fused-ring (bicyclic) bond motifs is 1. The molecule has 2 atom stereocenters. The summed E-state index contributed by atoms with van der Waals surface area (Å²) in [6.07, 6.45) is 2.62. The van der Waals surface area contributed by atoms with Crippen molar-refractivity contribution in [1.82, 2.24) is 14.5 Å². The summed E-state index contributed by atoms with van der Waals surface area (Å²) in [5, 5.41) is 10.5. The van der Waals surface area contributed by atoms with Crippen molar-refractivity contribution in [1.29, 1.82) is 0 Å². The normalized spacial score (nSPS) is 22.6. The first-order valence-electron chi connectivity index (χ1n) is 7.76. The largest absolute Gasteiger partial charge is 0.390 e. The van der Waals surface area contributed by atoms with Crippen molar-refractivity contribution in [2.45, 2.75) is 25.0 Å². The summed E-state index contributed by atoms with van der Waals surface area (Å²) in [7, 11) is 1.73. The Hall–Kier alpha value is -1.47. The van der Waals surface area contributed by atoms with Crippen molar-refractivity contribution in [3.8, 4) is 0 Å². The maximum Gasteiger partial charge on any atom is 0.250 e. The lowest BCUT2D eigenvalue weighted by Crippen LogP contribution is -2.50. The monoisotopic (exact) mass is 336 g/mol. The van der Waals surface area contributed by atoms with Gasteiger partial charge in [0.2, 0.25) is 0 Å². The first kappa shape index (κ1) is 16.4. The van der Waals surface area contributed by atoms with Crippen LogP contribution in [0, 0.1) is 0 Å². The molecule has 2 aromatic heterocycles. The Morgan fingerprint density at radius 2 is 2.26 bits per heavy atom. The molecular weight excluding hydrogens is 316 g/mol. The van der Waals surface area contributed by atoms with Crippen LogP contribution in [0.15, 0.2) is 23.1 Å². The molecule has 0 radical (unpaired) electrons. The molecule has 0 amide bonds. The SMILES string of the molecule is Cn1c(=O)ccc2ncc(Cl)c(CCN3CCC(N)C(O)C3)c21. The van der Waals surface area contributed by atoms with Crippen LogP contribution < -0.4 is 11.3 Å². The second-order valence-electron chi connectivity index (χ2n) is 6.12. The number of pyridine rings is 2. The van der Waals surface area contributed by atoms with Gasteiger partial charge in [0.15, 0.2) is 0 Å². The highest BCUT2D eigenvalue weighted by atomic mass is 35.5. The topological polar surface area (TPSA) is 84.4 Å². The molecule has 2 unspecified atom stereocenters. The number of nitrogens with zero attached hydrogens (tertiary/aromatic N) is 3. The molecule has 0 saturated carbocycles. The maximum absolute atomic E-state index is 11.9. The number of hydrogen-bond donors (Lipinski definition) is 2. The third-order valence-electron chi connectivity index (χ3n) is 4.58. The molecule has 2 aromatic rings. The van der Waals surface area contributed by atoms with Crippen molar-refractivity contribution in [3.05, 3.63) is 39.3 Å². The number of β-amino-alcohol motifs (C(OH)–C–C–N with tert-alkyl or cyclic N) is 1. The van der Waals surface area contributed by atoms with E-state index in [4.69, 9.17) is 17.3 Å². The van der Waals surface area contributed by atoms with E-state index in [1.165, 1.54) is 6.07 Å². The fraction of sp³-hybridized carbons (Fsp3) is 0.500. The summed E-state index contributed by atoms with van der Waals surface area (Å²) in [6.45, 7) is 2.18. The molecule has 1 fully saturated rings. The van der Waals surface area contributed by atoms with E-state index in [0.717, 1.165) is 36.1 Å². The molecule has 0 aliphatic carbocycles. The summed E-state index contributed by atoms with van der Waals surface area (Å²) in [6, 6.07) is 3.09. The highest BCUT2D eigenvalue weighted by molar-refractivity contribution is 6.32. The zero-order chi connectivity index (χ0) is 16.6. The minimum atomic E-state index is -0.488. The summed E-state index contributed by atoms with van der Waals surface area (Å²) in [4.78, 5) is 18.4. The molecule has 0 spiro atoms. The predicted octanol–water partition coefficient (Wildman–Crippen LogP) is 0.523. The second-order valence-corrected chi connectivity index (χ2v) is 6.53. The fourth-order valence-corrected chi connectivity index (χ4v) is 3.36. The van der Waals surface area contributed by atoms with Crippen LogP contribution in [0.4, 0.5) is 0 Å². The molecule has 23 heavy (non-hydrogen) atoms. The van der Waals surface area contributed by atoms with Crippen molar-refractivity contribution >= 4 is 22.6 Å². The Morgan fingerprint density at radius 1 is 1.48 bits per heavy atom. The molecule has 0 aromatic carbocycles. The average Bonchev–Trinajstić information content (AvgIpc) is 2.53. The van der Waals surface area contributed by atoms with Gasteiger partial charge in [0.05, 0.1) is 22.2 Å². The molecule has 3 rings (SSSR count). The minimum absolute atomic E-state index is 0.0813. The van der Waals surface area contributed by atoms with Gasteiger partial charge in [0, 0.05) is 38.4 Å². The van der Waals surface area contributed by atoms with Crippen molar-refractivity contribution in [3.63, 3.8) is 0 Å². The van der Waals surface area contributed by atoms with Crippen LogP contribution in [0.2, 0.25) is 5.02 Å². The molecule has 3 N–H and O–H groups in total. The van der Waals surface area contributed by atoms with E-state index >= 15 is 0 Å². The predicted molar refractivity (Wildman–Crippen MR) is 90.7 cm³/mol. The van der Waals surface area contributed by atoms with Crippen molar-refractivity contribution < 1.29 is 5.11 Å². The molecule has 0 bridgehead atoms. The molecule has 3 heterocycles. The number of aliphatic hydroxyl groups is 1.